The average molecular weight is 450 g/mol. The van der Waals surface area contributed by atoms with Crippen molar-refractivity contribution in [1.82, 2.24) is 4.90 Å². The highest BCUT2D eigenvalue weighted by molar-refractivity contribution is 7.09. The lowest BCUT2D eigenvalue weighted by Gasteiger charge is -2.21. The second-order valence-electron chi connectivity index (χ2n) is 7.50. The van der Waals surface area contributed by atoms with Crippen molar-refractivity contribution < 1.29 is 19.1 Å². The lowest BCUT2D eigenvalue weighted by molar-refractivity contribution is -0.124. The van der Waals surface area contributed by atoms with Crippen molar-refractivity contribution in [1.29, 1.82) is 0 Å². The van der Waals surface area contributed by atoms with Crippen LogP contribution in [0.2, 0.25) is 0 Å². The number of anilines is 2. The van der Waals surface area contributed by atoms with E-state index in [-0.39, 0.29) is 18.9 Å². The molecule has 7 nitrogen and oxygen atoms in total. The van der Waals surface area contributed by atoms with Crippen LogP contribution in [0.25, 0.3) is 0 Å². The first-order chi connectivity index (χ1) is 15.5. The number of nitrogens with one attached hydrogen (secondary N) is 1. The van der Waals surface area contributed by atoms with Crippen LogP contribution in [0.15, 0.2) is 66.0 Å². The number of amides is 4. The monoisotopic (exact) mass is 449 g/mol. The molecule has 0 saturated carbocycles. The first-order valence-electron chi connectivity index (χ1n) is 10.1. The van der Waals surface area contributed by atoms with E-state index < -0.39 is 18.0 Å². The smallest absolute Gasteiger partial charge is 0.332 e. The van der Waals surface area contributed by atoms with Crippen molar-refractivity contribution in [3.63, 3.8) is 0 Å². The molecule has 1 aliphatic rings. The second kappa shape index (κ2) is 9.23. The summed E-state index contributed by atoms with van der Waals surface area (Å²) in [7, 11) is 1.57. The van der Waals surface area contributed by atoms with Gasteiger partial charge in [0.15, 0.2) is 0 Å². The van der Waals surface area contributed by atoms with Crippen molar-refractivity contribution in [2.45, 2.75) is 25.9 Å². The van der Waals surface area contributed by atoms with Crippen LogP contribution in [-0.2, 0) is 16.1 Å². The van der Waals surface area contributed by atoms with Gasteiger partial charge in [0.1, 0.15) is 11.8 Å². The first-order valence-corrected chi connectivity index (χ1v) is 11.0. The van der Waals surface area contributed by atoms with E-state index in [1.807, 2.05) is 30.5 Å². The first kappa shape index (κ1) is 21.6. The standard InChI is InChI=1S/C24H23N3O4S/c1-16-5-3-6-18(13-16)27-23(29)21(26(24(27)30)15-20-7-4-12-32-20)14-22(28)25-17-8-10-19(31-2)11-9-17/h3-13,21H,14-15H2,1-2H3,(H,25,28). The number of methoxy groups -OCH3 is 1. The highest BCUT2D eigenvalue weighted by Crippen LogP contribution is 2.30. The van der Waals surface area contributed by atoms with Crippen LogP contribution in [0.4, 0.5) is 16.2 Å². The highest BCUT2D eigenvalue weighted by Gasteiger charge is 2.46. The van der Waals surface area contributed by atoms with Gasteiger partial charge in [-0.1, -0.05) is 18.2 Å². The van der Waals surface area contributed by atoms with Gasteiger partial charge in [-0.25, -0.2) is 9.69 Å². The number of hydrogen-bond acceptors (Lipinski definition) is 5. The van der Waals surface area contributed by atoms with E-state index in [0.717, 1.165) is 10.4 Å². The van der Waals surface area contributed by atoms with Crippen molar-refractivity contribution >= 4 is 40.6 Å². The molecule has 3 aromatic rings. The van der Waals surface area contributed by atoms with Crippen LogP contribution >= 0.6 is 11.3 Å². The van der Waals surface area contributed by atoms with Gasteiger partial charge in [0.25, 0.3) is 5.91 Å². The summed E-state index contributed by atoms with van der Waals surface area (Å²) in [5.41, 5.74) is 2.04. The van der Waals surface area contributed by atoms with E-state index in [2.05, 4.69) is 5.32 Å². The molecule has 0 radical (unpaired) electrons. The fourth-order valence-electron chi connectivity index (χ4n) is 3.65. The minimum Gasteiger partial charge on any atom is -0.497 e. The largest absolute Gasteiger partial charge is 0.497 e. The minimum atomic E-state index is -0.886. The summed E-state index contributed by atoms with van der Waals surface area (Å²) in [6.07, 6.45) is -0.135. The summed E-state index contributed by atoms with van der Waals surface area (Å²) >= 11 is 1.50. The highest BCUT2D eigenvalue weighted by atomic mass is 32.1. The Morgan fingerprint density at radius 1 is 1.09 bits per heavy atom. The summed E-state index contributed by atoms with van der Waals surface area (Å²) in [4.78, 5) is 42.9. The molecular weight excluding hydrogens is 426 g/mol. The van der Waals surface area contributed by atoms with E-state index in [4.69, 9.17) is 4.74 Å². The molecule has 32 heavy (non-hydrogen) atoms. The Bertz CT molecular complexity index is 1130. The maximum atomic E-state index is 13.3. The number of imide groups is 1. The number of hydrogen-bond donors (Lipinski definition) is 1. The molecule has 1 saturated heterocycles. The molecular formula is C24H23N3O4S. The summed E-state index contributed by atoms with van der Waals surface area (Å²) in [5.74, 6) is -0.0684. The molecule has 0 aliphatic carbocycles. The number of thiophene rings is 1. The number of aryl methyl sites for hydroxylation is 1. The van der Waals surface area contributed by atoms with Crippen LogP contribution in [0, 0.1) is 6.92 Å². The predicted molar refractivity (Wildman–Crippen MR) is 124 cm³/mol. The zero-order chi connectivity index (χ0) is 22.7. The van der Waals surface area contributed by atoms with Crippen LogP contribution in [-0.4, -0.2) is 35.9 Å². The van der Waals surface area contributed by atoms with Crippen LogP contribution < -0.4 is 15.0 Å². The molecule has 1 N–H and O–H groups in total. The summed E-state index contributed by atoms with van der Waals surface area (Å²) in [5, 5.41) is 4.72. The third kappa shape index (κ3) is 4.50. The van der Waals surface area contributed by atoms with E-state index in [1.54, 1.807) is 49.6 Å². The molecule has 1 atom stereocenters. The Morgan fingerprint density at radius 3 is 2.53 bits per heavy atom. The number of benzene rings is 2. The molecule has 1 fully saturated rings. The van der Waals surface area contributed by atoms with Gasteiger partial charge in [-0.2, -0.15) is 0 Å². The second-order valence-corrected chi connectivity index (χ2v) is 8.53. The molecule has 8 heteroatoms. The number of carbonyl (C=O) groups is 3. The molecule has 0 bridgehead atoms. The Balaban J connectivity index is 1.57. The van der Waals surface area contributed by atoms with Crippen molar-refractivity contribution in [2.75, 3.05) is 17.3 Å². The molecule has 1 unspecified atom stereocenters. The van der Waals surface area contributed by atoms with Crippen molar-refractivity contribution in [3.05, 3.63) is 76.5 Å². The lowest BCUT2D eigenvalue weighted by atomic mass is 10.1. The number of carbonyl (C=O) groups excluding carboxylic acids is 3. The quantitative estimate of drug-likeness (QED) is 0.541. The van der Waals surface area contributed by atoms with Gasteiger partial charge in [-0.15, -0.1) is 11.3 Å². The lowest BCUT2D eigenvalue weighted by Crippen LogP contribution is -2.37. The third-order valence-electron chi connectivity index (χ3n) is 5.24. The van der Waals surface area contributed by atoms with Gasteiger partial charge in [-0.05, 0) is 60.3 Å². The van der Waals surface area contributed by atoms with Crippen LogP contribution in [0.5, 0.6) is 5.75 Å². The fourth-order valence-corrected chi connectivity index (χ4v) is 4.35. The predicted octanol–water partition coefficient (Wildman–Crippen LogP) is 4.43. The number of ether oxygens (including phenoxy) is 1. The van der Waals surface area contributed by atoms with E-state index >= 15 is 0 Å². The Morgan fingerprint density at radius 2 is 1.88 bits per heavy atom. The van der Waals surface area contributed by atoms with E-state index in [9.17, 15) is 14.4 Å². The van der Waals surface area contributed by atoms with Crippen LogP contribution in [0.3, 0.4) is 0 Å². The topological polar surface area (TPSA) is 79.0 Å². The van der Waals surface area contributed by atoms with Gasteiger partial charge in [0, 0.05) is 10.6 Å². The molecule has 1 aliphatic heterocycles. The molecule has 2 heterocycles. The molecule has 1 aromatic heterocycles. The van der Waals surface area contributed by atoms with E-state index in [0.29, 0.717) is 17.1 Å². The Labute approximate surface area is 190 Å². The molecule has 4 rings (SSSR count). The van der Waals surface area contributed by atoms with Gasteiger partial charge < -0.3 is 15.0 Å². The molecule has 2 aromatic carbocycles. The molecule has 0 spiro atoms. The molecule has 4 amide bonds. The third-order valence-corrected chi connectivity index (χ3v) is 6.10. The maximum absolute atomic E-state index is 13.3. The minimum absolute atomic E-state index is 0.135. The van der Waals surface area contributed by atoms with Crippen LogP contribution in [0.1, 0.15) is 16.9 Å². The maximum Gasteiger partial charge on any atom is 0.332 e. The summed E-state index contributed by atoms with van der Waals surface area (Å²) in [6, 6.07) is 16.6. The SMILES string of the molecule is COc1ccc(NC(=O)CC2C(=O)N(c3cccc(C)c3)C(=O)N2Cc2cccs2)cc1. The fraction of sp³-hybridized carbons (Fsp3) is 0.208. The normalized spacial score (nSPS) is 15.9. The van der Waals surface area contributed by atoms with Gasteiger partial charge >= 0.3 is 6.03 Å². The number of rotatable bonds is 7. The summed E-state index contributed by atoms with van der Waals surface area (Å²) < 4.78 is 5.13. The number of nitrogens with zero attached hydrogens (tertiary/aromatic N) is 2. The average Bonchev–Trinajstić information content (AvgIpc) is 3.37. The van der Waals surface area contributed by atoms with Gasteiger partial charge in [-0.3, -0.25) is 9.59 Å². The van der Waals surface area contributed by atoms with Gasteiger partial charge in [0.05, 0.1) is 25.8 Å². The Kier molecular flexibility index (Phi) is 6.23. The van der Waals surface area contributed by atoms with Gasteiger partial charge in [0.2, 0.25) is 5.91 Å². The zero-order valence-electron chi connectivity index (χ0n) is 17.8. The summed E-state index contributed by atoms with van der Waals surface area (Å²) in [6.45, 7) is 2.17. The van der Waals surface area contributed by atoms with Crippen molar-refractivity contribution in [2.24, 2.45) is 0 Å². The molecule has 164 valence electrons. The zero-order valence-corrected chi connectivity index (χ0v) is 18.6. The van der Waals surface area contributed by atoms with E-state index in [1.165, 1.54) is 21.1 Å². The Hall–Kier alpha value is -3.65. The van der Waals surface area contributed by atoms with Crippen molar-refractivity contribution in [3.8, 4) is 5.75 Å². The number of urea groups is 1.